The highest BCUT2D eigenvalue weighted by atomic mass is 16.6. The molecule has 0 amide bonds. The van der Waals surface area contributed by atoms with Crippen LogP contribution in [0.2, 0.25) is 0 Å². The van der Waals surface area contributed by atoms with E-state index < -0.39 is 34.2 Å². The Morgan fingerprint density at radius 1 is 0.412 bits per heavy atom. The molecule has 9 heteroatoms. The lowest BCUT2D eigenvalue weighted by Gasteiger charge is -2.44. The molecule has 1 saturated carbocycles. The number of carbonyl (C=O) groups excluding carboxylic acids is 3. The predicted octanol–water partition coefficient (Wildman–Crippen LogP) is 17.7. The van der Waals surface area contributed by atoms with Crippen LogP contribution in [-0.4, -0.2) is 34.7 Å². The van der Waals surface area contributed by atoms with Gasteiger partial charge < -0.3 is 28.4 Å². The van der Waals surface area contributed by atoms with Gasteiger partial charge in [-0.1, -0.05) is 149 Å². The summed E-state index contributed by atoms with van der Waals surface area (Å²) in [5.41, 5.74) is 3.81. The predicted molar refractivity (Wildman–Crippen MR) is 322 cm³/mol. The van der Waals surface area contributed by atoms with E-state index in [2.05, 4.69) is 71.9 Å². The molecular formula is C71H88O9. The number of hydrogen-bond acceptors (Lipinski definition) is 9. The lowest BCUT2D eigenvalue weighted by Crippen LogP contribution is -2.54. The van der Waals surface area contributed by atoms with Gasteiger partial charge in [-0.2, -0.15) is 0 Å². The average Bonchev–Trinajstić information content (AvgIpc) is 3.56. The second-order valence-corrected chi connectivity index (χ2v) is 25.1. The first kappa shape index (κ1) is 60.8. The highest BCUT2D eigenvalue weighted by Gasteiger charge is 2.52. The quantitative estimate of drug-likeness (QED) is 0.0546. The van der Waals surface area contributed by atoms with E-state index in [9.17, 15) is 14.4 Å². The summed E-state index contributed by atoms with van der Waals surface area (Å²) in [6.45, 7) is 32.3. The number of hydrogen-bond donors (Lipinski definition) is 0. The first-order valence-electron chi connectivity index (χ1n) is 29.0. The Morgan fingerprint density at radius 2 is 0.800 bits per heavy atom. The fraction of sp³-hybridized carbons (Fsp3) is 0.451. The molecule has 0 bridgehead atoms. The molecule has 1 aliphatic carbocycles. The van der Waals surface area contributed by atoms with E-state index in [0.29, 0.717) is 60.2 Å². The molecule has 9 nitrogen and oxygen atoms in total. The highest BCUT2D eigenvalue weighted by molar-refractivity contribution is 5.83. The van der Waals surface area contributed by atoms with Gasteiger partial charge in [0.2, 0.25) is 11.2 Å². The summed E-state index contributed by atoms with van der Waals surface area (Å²) in [7, 11) is 0. The van der Waals surface area contributed by atoms with Gasteiger partial charge in [-0.25, -0.2) is 9.59 Å². The molecule has 4 unspecified atom stereocenters. The summed E-state index contributed by atoms with van der Waals surface area (Å²) < 4.78 is 37.8. The first-order chi connectivity index (χ1) is 37.6. The third kappa shape index (κ3) is 13.1. The van der Waals surface area contributed by atoms with Crippen molar-refractivity contribution in [2.75, 3.05) is 0 Å². The van der Waals surface area contributed by atoms with Crippen LogP contribution in [0.25, 0.3) is 11.1 Å². The van der Waals surface area contributed by atoms with Crippen molar-refractivity contribution in [2.45, 2.75) is 202 Å². The molecule has 0 aliphatic heterocycles. The normalized spacial score (nSPS) is 16.6. The largest absolute Gasteiger partial charge is 0.486 e. The van der Waals surface area contributed by atoms with Crippen molar-refractivity contribution in [2.24, 2.45) is 5.41 Å². The fourth-order valence-corrected chi connectivity index (χ4v) is 10.7. The Labute approximate surface area is 478 Å². The molecule has 426 valence electrons. The van der Waals surface area contributed by atoms with Crippen LogP contribution in [-0.2, 0) is 30.6 Å². The van der Waals surface area contributed by atoms with Gasteiger partial charge in [0.05, 0.1) is 0 Å². The Kier molecular flexibility index (Phi) is 18.3. The zero-order valence-corrected chi connectivity index (χ0v) is 50.7. The van der Waals surface area contributed by atoms with Gasteiger partial charge in [-0.15, -0.1) is 0 Å². The van der Waals surface area contributed by atoms with Crippen LogP contribution in [0.15, 0.2) is 133 Å². The zero-order chi connectivity index (χ0) is 58.5. The minimum Gasteiger partial charge on any atom is -0.486 e. The van der Waals surface area contributed by atoms with Crippen molar-refractivity contribution in [3.8, 4) is 45.6 Å². The molecule has 0 saturated heterocycles. The molecule has 80 heavy (non-hydrogen) atoms. The van der Waals surface area contributed by atoms with Gasteiger partial charge in [0.25, 0.3) is 0 Å². The minimum atomic E-state index is -1.19. The van der Waals surface area contributed by atoms with Crippen molar-refractivity contribution in [1.29, 1.82) is 0 Å². The van der Waals surface area contributed by atoms with Crippen LogP contribution in [0.5, 0.6) is 34.5 Å². The van der Waals surface area contributed by atoms with Gasteiger partial charge in [-0.3, -0.25) is 4.79 Å². The second kappa shape index (κ2) is 24.1. The lowest BCUT2D eigenvalue weighted by molar-refractivity contribution is -0.160. The van der Waals surface area contributed by atoms with Crippen LogP contribution in [0.1, 0.15) is 188 Å². The molecule has 0 spiro atoms. The zero-order valence-electron chi connectivity index (χ0n) is 50.7. The number of rotatable bonds is 20. The maximum Gasteiger partial charge on any atom is 0.355 e. The Morgan fingerprint density at radius 3 is 1.20 bits per heavy atom. The maximum atomic E-state index is 14.5. The SMILES string of the molecule is CCC(C)(Oc1ccc(C2(c3ccc(OC(=O)C(C)(CC)C(C)(CC)Oc4ccc(-c5ccc(OC(=O)C(C)(CC)Oc6ccc(C(C)(C)C)cc6)c(C)c5)cc4C)cc3)CCCCC2)cc1)C(=O)Oc1ccc(C(C)(C)C)cc1. The van der Waals surface area contributed by atoms with Gasteiger partial charge >= 0.3 is 17.9 Å². The Balaban J connectivity index is 1.01. The van der Waals surface area contributed by atoms with E-state index >= 15 is 0 Å². The summed E-state index contributed by atoms with van der Waals surface area (Å²) in [5, 5.41) is 0. The molecule has 1 fully saturated rings. The standard InChI is InChI=1S/C71H88O9/c1-17-67(13,70(16,20-4)80-61-43-25-51(47-49(61)6)50-24-42-60(48(5)46-50)77-64(74)69(15,19-3)79-58-38-28-53(29-39-58)66(10,11)12)62(72)75-56-36-30-54(31-37-56)71(44-22-21-23-45-71)55-32-40-59(41-33-55)78-68(14,18-2)63(73)76-57-34-26-52(27-35-57)65(7,8)9/h24-43,46-47H,17-23,44-45H2,1-16H3. The summed E-state index contributed by atoms with van der Waals surface area (Å²) in [4.78, 5) is 41.8. The number of esters is 3. The van der Waals surface area contributed by atoms with E-state index in [1.54, 1.807) is 13.8 Å². The van der Waals surface area contributed by atoms with Crippen molar-refractivity contribution < 1.29 is 42.8 Å². The number of ether oxygens (including phenoxy) is 6. The summed E-state index contributed by atoms with van der Waals surface area (Å²) in [6, 6.07) is 43.7. The number of carbonyl (C=O) groups is 3. The van der Waals surface area contributed by atoms with Gasteiger partial charge in [0.1, 0.15) is 45.5 Å². The monoisotopic (exact) mass is 1080 g/mol. The third-order valence-electron chi connectivity index (χ3n) is 17.5. The van der Waals surface area contributed by atoms with Crippen molar-refractivity contribution >= 4 is 17.9 Å². The molecular weight excluding hydrogens is 997 g/mol. The van der Waals surface area contributed by atoms with Crippen LogP contribution in [0, 0.1) is 19.3 Å². The van der Waals surface area contributed by atoms with Crippen LogP contribution >= 0.6 is 0 Å². The second-order valence-electron chi connectivity index (χ2n) is 25.1. The highest BCUT2D eigenvalue weighted by Crippen LogP contribution is 2.47. The van der Waals surface area contributed by atoms with Gasteiger partial charge in [0, 0.05) is 5.41 Å². The molecule has 0 aromatic heterocycles. The average molecular weight is 1090 g/mol. The van der Waals surface area contributed by atoms with E-state index in [1.165, 1.54) is 17.5 Å². The molecule has 7 rings (SSSR count). The molecule has 1 aliphatic rings. The third-order valence-corrected chi connectivity index (χ3v) is 17.5. The maximum absolute atomic E-state index is 14.5. The van der Waals surface area contributed by atoms with Gasteiger partial charge in [-0.05, 0) is 208 Å². The molecule has 0 N–H and O–H groups in total. The van der Waals surface area contributed by atoms with Crippen molar-refractivity contribution in [1.82, 2.24) is 0 Å². The van der Waals surface area contributed by atoms with Crippen LogP contribution in [0.4, 0.5) is 0 Å². The van der Waals surface area contributed by atoms with E-state index in [1.807, 2.05) is 159 Å². The topological polar surface area (TPSA) is 107 Å². The van der Waals surface area contributed by atoms with E-state index in [4.69, 9.17) is 28.4 Å². The summed E-state index contributed by atoms with van der Waals surface area (Å²) >= 11 is 0. The molecule has 6 aromatic rings. The first-order valence-corrected chi connectivity index (χ1v) is 29.0. The van der Waals surface area contributed by atoms with Gasteiger partial charge in [0.15, 0.2) is 0 Å². The summed E-state index contributed by atoms with van der Waals surface area (Å²) in [6.07, 6.45) is 7.21. The number of benzene rings is 6. The smallest absolute Gasteiger partial charge is 0.355 e. The van der Waals surface area contributed by atoms with E-state index in [-0.39, 0.29) is 22.2 Å². The Bertz CT molecular complexity index is 3100. The number of aryl methyl sites for hydroxylation is 2. The minimum absolute atomic E-state index is 0.00490. The van der Waals surface area contributed by atoms with Crippen LogP contribution in [0.3, 0.4) is 0 Å². The summed E-state index contributed by atoms with van der Waals surface area (Å²) in [5.74, 6) is 2.08. The van der Waals surface area contributed by atoms with E-state index in [0.717, 1.165) is 59.1 Å². The molecule has 0 heterocycles. The Hall–Kier alpha value is -6.87. The molecule has 6 aromatic carbocycles. The molecule has 0 radical (unpaired) electrons. The lowest BCUT2D eigenvalue weighted by atomic mass is 9.65. The fourth-order valence-electron chi connectivity index (χ4n) is 10.7. The van der Waals surface area contributed by atoms with Crippen molar-refractivity contribution in [3.05, 3.63) is 167 Å². The molecule has 4 atom stereocenters. The van der Waals surface area contributed by atoms with Crippen LogP contribution < -0.4 is 28.4 Å². The van der Waals surface area contributed by atoms with Crippen molar-refractivity contribution in [3.63, 3.8) is 0 Å².